The number of rotatable bonds is 7. The van der Waals surface area contributed by atoms with Crippen molar-refractivity contribution in [3.8, 4) is 28.4 Å². The van der Waals surface area contributed by atoms with Gasteiger partial charge in [0.25, 0.3) is 5.91 Å². The van der Waals surface area contributed by atoms with E-state index in [4.69, 9.17) is 25.8 Å². The molecule has 5 rings (SSSR count). The van der Waals surface area contributed by atoms with Crippen molar-refractivity contribution in [3.63, 3.8) is 0 Å². The fourth-order valence-corrected chi connectivity index (χ4v) is 5.14. The summed E-state index contributed by atoms with van der Waals surface area (Å²) in [6.07, 6.45) is 0. The average Bonchev–Trinajstić information content (AvgIpc) is 2.96. The molecule has 0 unspecified atom stereocenters. The van der Waals surface area contributed by atoms with Gasteiger partial charge < -0.3 is 24.4 Å². The molecule has 216 valence electrons. The minimum absolute atomic E-state index is 0.0407. The lowest BCUT2D eigenvalue weighted by molar-refractivity contribution is -0.121. The van der Waals surface area contributed by atoms with Gasteiger partial charge in [-0.15, -0.1) is 0 Å². The number of methoxy groups -OCH3 is 1. The van der Waals surface area contributed by atoms with E-state index >= 15 is 0 Å². The maximum Gasteiger partial charge on any atom is 0.343 e. The van der Waals surface area contributed by atoms with Gasteiger partial charge in [-0.3, -0.25) is 4.79 Å². The van der Waals surface area contributed by atoms with Gasteiger partial charge in [0.1, 0.15) is 35.2 Å². The van der Waals surface area contributed by atoms with Crippen molar-refractivity contribution >= 4 is 34.9 Å². The van der Waals surface area contributed by atoms with Gasteiger partial charge in [0.2, 0.25) is 0 Å². The Morgan fingerprint density at radius 2 is 1.69 bits per heavy atom. The first-order chi connectivity index (χ1) is 20.0. The van der Waals surface area contributed by atoms with Crippen LogP contribution in [0, 0.1) is 12.7 Å². The molecule has 0 saturated heterocycles. The monoisotopic (exact) mass is 588 g/mol. The molecule has 1 aliphatic heterocycles. The van der Waals surface area contributed by atoms with Gasteiger partial charge in [-0.05, 0) is 80.4 Å². The molecule has 0 fully saturated rings. The van der Waals surface area contributed by atoms with E-state index in [0.29, 0.717) is 38.9 Å². The highest BCUT2D eigenvalue weighted by atomic mass is 35.5. The van der Waals surface area contributed by atoms with Crippen LogP contribution in [0.25, 0.3) is 11.1 Å². The normalized spacial score (nSPS) is 13.7. The van der Waals surface area contributed by atoms with E-state index < -0.39 is 17.3 Å². The lowest BCUT2D eigenvalue weighted by atomic mass is 9.91. The molecule has 0 spiro atoms. The highest BCUT2D eigenvalue weighted by molar-refractivity contribution is 6.30. The molecular weight excluding hydrogens is 559 g/mol. The van der Waals surface area contributed by atoms with E-state index in [-0.39, 0.29) is 18.3 Å². The SMILES string of the molecule is COc1cc(OC(=O)c2ccc(Cl)cc2)ccc1-c1ccc2c(c1COc1cc(F)ccc1C)N(C)C(=O)C(C)(C)N2. The summed E-state index contributed by atoms with van der Waals surface area (Å²) in [5.41, 5.74) is 3.83. The molecule has 0 bridgehead atoms. The minimum atomic E-state index is -0.812. The second-order valence-corrected chi connectivity index (χ2v) is 11.0. The Labute approximate surface area is 248 Å². The van der Waals surface area contributed by atoms with Gasteiger partial charge in [-0.1, -0.05) is 23.7 Å². The molecule has 4 aromatic carbocycles. The summed E-state index contributed by atoms with van der Waals surface area (Å²) < 4.78 is 31.5. The number of nitrogens with one attached hydrogen (secondary N) is 1. The summed E-state index contributed by atoms with van der Waals surface area (Å²) in [6, 6.07) is 19.7. The molecule has 9 heteroatoms. The number of hydrogen-bond acceptors (Lipinski definition) is 6. The van der Waals surface area contributed by atoms with E-state index in [1.165, 1.54) is 19.2 Å². The van der Waals surface area contributed by atoms with E-state index in [2.05, 4.69) is 5.32 Å². The van der Waals surface area contributed by atoms with Crippen LogP contribution in [0.2, 0.25) is 5.02 Å². The summed E-state index contributed by atoms with van der Waals surface area (Å²) >= 11 is 5.93. The second kappa shape index (κ2) is 11.4. The molecule has 4 aromatic rings. The fraction of sp³-hybridized carbons (Fsp3) is 0.212. The maximum atomic E-state index is 14.0. The number of benzene rings is 4. The van der Waals surface area contributed by atoms with Crippen molar-refractivity contribution < 1.29 is 28.2 Å². The Bertz CT molecular complexity index is 1690. The number of likely N-dealkylation sites (N-methyl/N-ethyl adjacent to an activating group) is 1. The Morgan fingerprint density at radius 1 is 0.976 bits per heavy atom. The van der Waals surface area contributed by atoms with Crippen LogP contribution in [0.1, 0.15) is 35.3 Å². The van der Waals surface area contributed by atoms with Crippen molar-refractivity contribution in [1.82, 2.24) is 0 Å². The number of aryl methyl sites for hydroxylation is 1. The molecule has 0 aliphatic carbocycles. The molecular formula is C33H30ClFN2O5. The van der Waals surface area contributed by atoms with Crippen LogP contribution >= 0.6 is 11.6 Å². The zero-order valence-electron chi connectivity index (χ0n) is 23.9. The number of hydrogen-bond donors (Lipinski definition) is 1. The van der Waals surface area contributed by atoms with Crippen molar-refractivity contribution in [1.29, 1.82) is 0 Å². The van der Waals surface area contributed by atoms with Gasteiger partial charge in [-0.25, -0.2) is 9.18 Å². The third-order valence-corrected chi connectivity index (χ3v) is 7.43. The Morgan fingerprint density at radius 3 is 2.40 bits per heavy atom. The first kappa shape index (κ1) is 29.0. The Hall–Kier alpha value is -4.56. The maximum absolute atomic E-state index is 14.0. The van der Waals surface area contributed by atoms with E-state index in [1.807, 2.05) is 32.9 Å². The lowest BCUT2D eigenvalue weighted by Gasteiger charge is -2.39. The molecule has 0 saturated carbocycles. The van der Waals surface area contributed by atoms with Crippen LogP contribution in [-0.2, 0) is 11.4 Å². The average molecular weight is 589 g/mol. The Balaban J connectivity index is 1.57. The van der Waals surface area contributed by atoms with Crippen molar-refractivity contribution in [2.45, 2.75) is 32.9 Å². The summed E-state index contributed by atoms with van der Waals surface area (Å²) in [4.78, 5) is 27.6. The zero-order valence-corrected chi connectivity index (χ0v) is 24.6. The first-order valence-electron chi connectivity index (χ1n) is 13.3. The molecule has 42 heavy (non-hydrogen) atoms. The van der Waals surface area contributed by atoms with E-state index in [9.17, 15) is 14.0 Å². The predicted molar refractivity (Wildman–Crippen MR) is 161 cm³/mol. The summed E-state index contributed by atoms with van der Waals surface area (Å²) in [7, 11) is 3.25. The smallest absolute Gasteiger partial charge is 0.343 e. The molecule has 1 aliphatic rings. The van der Waals surface area contributed by atoms with Crippen LogP contribution < -0.4 is 24.4 Å². The molecule has 0 aromatic heterocycles. The summed E-state index contributed by atoms with van der Waals surface area (Å²) in [5.74, 6) is 0.0607. The summed E-state index contributed by atoms with van der Waals surface area (Å²) in [5, 5.41) is 3.84. The first-order valence-corrected chi connectivity index (χ1v) is 13.6. The highest BCUT2D eigenvalue weighted by Gasteiger charge is 2.38. The van der Waals surface area contributed by atoms with Crippen molar-refractivity contribution in [3.05, 3.63) is 100 Å². The minimum Gasteiger partial charge on any atom is -0.496 e. The number of halogens is 2. The molecule has 0 radical (unpaired) electrons. The van der Waals surface area contributed by atoms with Crippen LogP contribution in [-0.4, -0.2) is 31.6 Å². The zero-order chi connectivity index (χ0) is 30.2. The molecule has 7 nitrogen and oxygen atoms in total. The number of ether oxygens (including phenoxy) is 3. The quantitative estimate of drug-likeness (QED) is 0.179. The fourth-order valence-electron chi connectivity index (χ4n) is 5.02. The van der Waals surface area contributed by atoms with Gasteiger partial charge in [0.05, 0.1) is 24.0 Å². The van der Waals surface area contributed by atoms with Crippen LogP contribution in [0.5, 0.6) is 17.2 Å². The van der Waals surface area contributed by atoms with Gasteiger partial charge in [0.15, 0.2) is 0 Å². The van der Waals surface area contributed by atoms with Crippen molar-refractivity contribution in [2.75, 3.05) is 24.4 Å². The number of esters is 1. The third-order valence-electron chi connectivity index (χ3n) is 7.18. The Kier molecular flexibility index (Phi) is 7.84. The molecule has 0 atom stereocenters. The topological polar surface area (TPSA) is 77.1 Å². The second-order valence-electron chi connectivity index (χ2n) is 10.6. The molecule has 1 N–H and O–H groups in total. The standard InChI is InChI=1S/C33H30ClFN2O5/c1-19-6-11-22(35)16-28(19)41-18-26-24(14-15-27-30(26)37(4)32(39)33(2,3)36-27)25-13-12-23(17-29(25)40-5)42-31(38)20-7-9-21(34)10-8-20/h6-17,36H,18H2,1-5H3. The number of carbonyl (C=O) groups excluding carboxylic acids is 2. The number of carbonyl (C=O) groups is 2. The lowest BCUT2D eigenvalue weighted by Crippen LogP contribution is -2.52. The van der Waals surface area contributed by atoms with Crippen LogP contribution in [0.15, 0.2) is 72.8 Å². The predicted octanol–water partition coefficient (Wildman–Crippen LogP) is 7.43. The van der Waals surface area contributed by atoms with Gasteiger partial charge >= 0.3 is 5.97 Å². The highest BCUT2D eigenvalue weighted by Crippen LogP contribution is 2.45. The van der Waals surface area contributed by atoms with Crippen LogP contribution in [0.4, 0.5) is 15.8 Å². The number of fused-ring (bicyclic) bond motifs is 1. The van der Waals surface area contributed by atoms with E-state index in [1.54, 1.807) is 60.5 Å². The third kappa shape index (κ3) is 5.63. The van der Waals surface area contributed by atoms with Gasteiger partial charge in [0, 0.05) is 35.3 Å². The largest absolute Gasteiger partial charge is 0.496 e. The van der Waals surface area contributed by atoms with Gasteiger partial charge in [-0.2, -0.15) is 0 Å². The van der Waals surface area contributed by atoms with E-state index in [0.717, 1.165) is 16.8 Å². The number of amides is 1. The molecule has 1 heterocycles. The number of anilines is 2. The van der Waals surface area contributed by atoms with Crippen molar-refractivity contribution in [2.24, 2.45) is 0 Å². The summed E-state index contributed by atoms with van der Waals surface area (Å²) in [6.45, 7) is 5.52. The number of nitrogens with zero attached hydrogens (tertiary/aromatic N) is 1. The molecule has 1 amide bonds. The van der Waals surface area contributed by atoms with Crippen LogP contribution in [0.3, 0.4) is 0 Å².